The number of nitrogens with zero attached hydrogens (tertiary/aromatic N) is 4. The second-order valence-corrected chi connectivity index (χ2v) is 3.24. The molecule has 0 aliphatic heterocycles. The van der Waals surface area contributed by atoms with Gasteiger partial charge in [-0.25, -0.2) is 0 Å². The third-order valence-electron chi connectivity index (χ3n) is 2.21. The summed E-state index contributed by atoms with van der Waals surface area (Å²) in [5.41, 5.74) is 1.30. The van der Waals surface area contributed by atoms with Gasteiger partial charge in [0.25, 0.3) is 0 Å². The quantitative estimate of drug-likeness (QED) is 0.528. The third kappa shape index (κ3) is 1.42. The fourth-order valence-corrected chi connectivity index (χ4v) is 1.48. The predicted octanol–water partition coefficient (Wildman–Crippen LogP) is 1.52. The Bertz CT molecular complexity index is 688. The molecule has 0 fully saturated rings. The predicted molar refractivity (Wildman–Crippen MR) is 56.0 cm³/mol. The zero-order chi connectivity index (χ0) is 11.8. The Morgan fingerprint density at radius 3 is 3.06 bits per heavy atom. The minimum absolute atomic E-state index is 0.363. The first-order valence-electron chi connectivity index (χ1n) is 4.65. The van der Waals surface area contributed by atoms with E-state index in [2.05, 4.69) is 20.2 Å². The Labute approximate surface area is 93.5 Å². The smallest absolute Gasteiger partial charge is 0.463 e. The van der Waals surface area contributed by atoms with E-state index in [1.807, 2.05) is 0 Å². The SMILES string of the molecule is O=[N+]([O-])c1ncc2[nH]nc(-c3ccco3)c2n1. The van der Waals surface area contributed by atoms with Crippen LogP contribution in [0.1, 0.15) is 0 Å². The molecule has 8 heteroatoms. The minimum atomic E-state index is -0.654. The molecule has 0 saturated heterocycles. The molecule has 0 radical (unpaired) electrons. The van der Waals surface area contributed by atoms with E-state index in [0.29, 0.717) is 22.5 Å². The monoisotopic (exact) mass is 231 g/mol. The van der Waals surface area contributed by atoms with Crippen LogP contribution < -0.4 is 0 Å². The van der Waals surface area contributed by atoms with E-state index in [9.17, 15) is 10.1 Å². The first-order chi connectivity index (χ1) is 8.25. The van der Waals surface area contributed by atoms with Gasteiger partial charge in [0.2, 0.25) is 5.52 Å². The number of rotatable bonds is 2. The Morgan fingerprint density at radius 2 is 2.35 bits per heavy atom. The molecule has 0 saturated carbocycles. The molecule has 0 bridgehead atoms. The van der Waals surface area contributed by atoms with Gasteiger partial charge in [-0.15, -0.1) is 0 Å². The van der Waals surface area contributed by atoms with Crippen molar-refractivity contribution in [3.63, 3.8) is 0 Å². The van der Waals surface area contributed by atoms with Crippen molar-refractivity contribution in [3.8, 4) is 11.5 Å². The lowest BCUT2D eigenvalue weighted by Gasteiger charge is -1.91. The van der Waals surface area contributed by atoms with E-state index in [1.54, 1.807) is 12.1 Å². The maximum Gasteiger partial charge on any atom is 0.469 e. The van der Waals surface area contributed by atoms with Gasteiger partial charge in [-0.3, -0.25) is 5.10 Å². The maximum absolute atomic E-state index is 10.6. The van der Waals surface area contributed by atoms with E-state index in [0.717, 1.165) is 0 Å². The molecule has 3 heterocycles. The number of aromatic nitrogens is 4. The van der Waals surface area contributed by atoms with E-state index in [-0.39, 0.29) is 0 Å². The van der Waals surface area contributed by atoms with Gasteiger partial charge in [-0.1, -0.05) is 9.97 Å². The van der Waals surface area contributed by atoms with Gasteiger partial charge in [-0.05, 0) is 17.1 Å². The number of hydrogen-bond donors (Lipinski definition) is 1. The molecule has 1 N–H and O–H groups in total. The standard InChI is InChI=1S/C9H5N5O3/c15-14(16)9-10-4-5-7(11-9)8(13-12-5)6-2-1-3-17-6/h1-4H,(H,12,13). The van der Waals surface area contributed by atoms with E-state index < -0.39 is 10.9 Å². The highest BCUT2D eigenvalue weighted by Crippen LogP contribution is 2.25. The molecule has 0 atom stereocenters. The van der Waals surface area contributed by atoms with Crippen LogP contribution in [0.2, 0.25) is 0 Å². The average Bonchev–Trinajstić information content (AvgIpc) is 2.96. The summed E-state index contributed by atoms with van der Waals surface area (Å²) >= 11 is 0. The zero-order valence-electron chi connectivity index (χ0n) is 8.32. The van der Waals surface area contributed by atoms with Crippen LogP contribution in [0.5, 0.6) is 0 Å². The van der Waals surface area contributed by atoms with Gasteiger partial charge in [0, 0.05) is 0 Å². The van der Waals surface area contributed by atoms with Crippen LogP contribution in [0.3, 0.4) is 0 Å². The van der Waals surface area contributed by atoms with Crippen molar-refractivity contribution in [2.75, 3.05) is 0 Å². The van der Waals surface area contributed by atoms with Crippen LogP contribution in [0.15, 0.2) is 29.0 Å². The largest absolute Gasteiger partial charge is 0.469 e. The second kappa shape index (κ2) is 3.37. The summed E-state index contributed by atoms with van der Waals surface area (Å²) in [6.07, 6.45) is 2.81. The summed E-state index contributed by atoms with van der Waals surface area (Å²) in [6.45, 7) is 0. The number of hydrogen-bond acceptors (Lipinski definition) is 6. The van der Waals surface area contributed by atoms with Crippen molar-refractivity contribution in [1.82, 2.24) is 20.2 Å². The molecule has 0 aliphatic carbocycles. The lowest BCUT2D eigenvalue weighted by atomic mass is 10.3. The van der Waals surface area contributed by atoms with Crippen molar-refractivity contribution in [2.45, 2.75) is 0 Å². The molecule has 3 aromatic rings. The Morgan fingerprint density at radius 1 is 1.47 bits per heavy atom. The number of H-pyrrole nitrogens is 1. The van der Waals surface area contributed by atoms with Crippen molar-refractivity contribution in [2.24, 2.45) is 0 Å². The number of nitrogens with one attached hydrogen (secondary N) is 1. The van der Waals surface area contributed by atoms with Crippen molar-refractivity contribution in [1.29, 1.82) is 0 Å². The summed E-state index contributed by atoms with van der Waals surface area (Å²) in [6, 6.07) is 3.40. The molecule has 0 spiro atoms. The van der Waals surface area contributed by atoms with Gasteiger partial charge in [0.15, 0.2) is 11.5 Å². The lowest BCUT2D eigenvalue weighted by Crippen LogP contribution is -1.95. The molecule has 17 heavy (non-hydrogen) atoms. The molecular formula is C9H5N5O3. The molecule has 0 aliphatic rings. The van der Waals surface area contributed by atoms with Crippen LogP contribution >= 0.6 is 0 Å². The molecular weight excluding hydrogens is 226 g/mol. The number of furan rings is 1. The van der Waals surface area contributed by atoms with Gasteiger partial charge >= 0.3 is 5.95 Å². The normalized spacial score (nSPS) is 10.8. The summed E-state index contributed by atoms with van der Waals surface area (Å²) in [4.78, 5) is 17.4. The average molecular weight is 231 g/mol. The first-order valence-corrected chi connectivity index (χ1v) is 4.65. The van der Waals surface area contributed by atoms with Gasteiger partial charge in [-0.2, -0.15) is 5.10 Å². The highest BCUT2D eigenvalue weighted by atomic mass is 16.6. The molecule has 8 nitrogen and oxygen atoms in total. The van der Waals surface area contributed by atoms with Crippen LogP contribution in [0, 0.1) is 10.1 Å². The number of nitro groups is 1. The molecule has 84 valence electrons. The third-order valence-corrected chi connectivity index (χ3v) is 2.21. The topological polar surface area (TPSA) is 111 Å². The maximum atomic E-state index is 10.6. The summed E-state index contributed by atoms with van der Waals surface area (Å²) in [5, 5.41) is 17.3. The van der Waals surface area contributed by atoms with Gasteiger partial charge < -0.3 is 14.5 Å². The highest BCUT2D eigenvalue weighted by Gasteiger charge is 2.19. The van der Waals surface area contributed by atoms with E-state index in [4.69, 9.17) is 4.42 Å². The molecule has 3 rings (SSSR count). The zero-order valence-corrected chi connectivity index (χ0v) is 8.32. The fraction of sp³-hybridized carbons (Fsp3) is 0. The first kappa shape index (κ1) is 9.46. The summed E-state index contributed by atoms with van der Waals surface area (Å²) in [5.74, 6) is 0.0240. The molecule has 3 aromatic heterocycles. The number of aromatic amines is 1. The van der Waals surface area contributed by atoms with E-state index >= 15 is 0 Å². The van der Waals surface area contributed by atoms with Crippen LogP contribution in [0.25, 0.3) is 22.5 Å². The van der Waals surface area contributed by atoms with Crippen LogP contribution in [0.4, 0.5) is 5.95 Å². The van der Waals surface area contributed by atoms with Crippen molar-refractivity contribution < 1.29 is 9.34 Å². The van der Waals surface area contributed by atoms with Gasteiger partial charge in [0.1, 0.15) is 11.7 Å². The molecule has 0 amide bonds. The Balaban J connectivity index is 2.26. The lowest BCUT2D eigenvalue weighted by molar-refractivity contribution is -0.394. The molecule has 0 unspecified atom stereocenters. The highest BCUT2D eigenvalue weighted by molar-refractivity contribution is 5.87. The summed E-state index contributed by atoms with van der Waals surface area (Å²) in [7, 11) is 0. The number of fused-ring (bicyclic) bond motifs is 1. The Hall–Kier alpha value is -2.77. The minimum Gasteiger partial charge on any atom is -0.463 e. The van der Waals surface area contributed by atoms with Crippen LogP contribution in [-0.4, -0.2) is 25.1 Å². The van der Waals surface area contributed by atoms with E-state index in [1.165, 1.54) is 12.5 Å². The second-order valence-electron chi connectivity index (χ2n) is 3.24. The van der Waals surface area contributed by atoms with Crippen molar-refractivity contribution >= 4 is 17.0 Å². The van der Waals surface area contributed by atoms with Gasteiger partial charge in [0.05, 0.1) is 6.26 Å². The van der Waals surface area contributed by atoms with Crippen molar-refractivity contribution in [3.05, 3.63) is 34.7 Å². The van der Waals surface area contributed by atoms with Crippen LogP contribution in [-0.2, 0) is 0 Å². The fourth-order valence-electron chi connectivity index (χ4n) is 1.48. The Kier molecular flexibility index (Phi) is 1.87. The summed E-state index contributed by atoms with van der Waals surface area (Å²) < 4.78 is 5.17. The molecule has 0 aromatic carbocycles.